The number of hydrogen-bond donors (Lipinski definition) is 2. The average Bonchev–Trinajstić information content (AvgIpc) is 2.55. The van der Waals surface area contributed by atoms with Gasteiger partial charge in [-0.25, -0.2) is 0 Å². The Morgan fingerprint density at radius 3 is 2.44 bits per heavy atom. The highest BCUT2D eigenvalue weighted by atomic mass is 79.9. The highest BCUT2D eigenvalue weighted by Gasteiger charge is 2.19. The van der Waals surface area contributed by atoms with E-state index in [1.165, 1.54) is 6.07 Å². The third-order valence-electron chi connectivity index (χ3n) is 4.02. The minimum absolute atomic E-state index is 0.0178. The third-order valence-corrected chi connectivity index (χ3v) is 4.88. The van der Waals surface area contributed by atoms with Crippen LogP contribution in [0.3, 0.4) is 0 Å². The van der Waals surface area contributed by atoms with Gasteiger partial charge in [-0.1, -0.05) is 48.8 Å². The number of hydrogen-bond acceptors (Lipinski definition) is 4. The van der Waals surface area contributed by atoms with Crippen molar-refractivity contribution in [3.63, 3.8) is 0 Å². The highest BCUT2D eigenvalue weighted by molar-refractivity contribution is 9.10. The number of anilines is 1. The Kier molecular flexibility index (Phi) is 6.33. The van der Waals surface area contributed by atoms with Gasteiger partial charge in [-0.3, -0.25) is 20.2 Å². The third kappa shape index (κ3) is 5.11. The van der Waals surface area contributed by atoms with Crippen LogP contribution in [0.5, 0.6) is 0 Å². The van der Waals surface area contributed by atoms with Gasteiger partial charge in [-0.05, 0) is 48.3 Å². The molecule has 1 amide bonds. The number of benzene rings is 2. The smallest absolute Gasteiger partial charge is 0.274 e. The van der Waals surface area contributed by atoms with Crippen LogP contribution in [0.2, 0.25) is 0 Å². The topological polar surface area (TPSA) is 84.3 Å². The first kappa shape index (κ1) is 21.0. The number of nitro groups is 1. The van der Waals surface area contributed by atoms with E-state index in [1.54, 1.807) is 31.2 Å². The minimum atomic E-state index is -0.462. The maximum Gasteiger partial charge on any atom is 0.274 e. The highest BCUT2D eigenvalue weighted by Crippen LogP contribution is 2.30. The Bertz CT molecular complexity index is 923. The Hall–Kier alpha value is -2.32. The molecule has 2 aromatic rings. The van der Waals surface area contributed by atoms with Crippen LogP contribution in [0.4, 0.5) is 11.4 Å². The lowest BCUT2D eigenvalue weighted by Gasteiger charge is -2.21. The number of nitro benzene ring substituents is 1. The van der Waals surface area contributed by atoms with E-state index >= 15 is 0 Å². The SMILES string of the molecule is Cc1c(NC(=S)NC(=O)c2ccc(C(C)(C)C)c(Br)c2)cccc1[N+](=O)[O-]. The van der Waals surface area contributed by atoms with Gasteiger partial charge in [0.15, 0.2) is 5.11 Å². The van der Waals surface area contributed by atoms with Gasteiger partial charge in [0.05, 0.1) is 16.2 Å². The van der Waals surface area contributed by atoms with Gasteiger partial charge in [0.1, 0.15) is 0 Å². The maximum absolute atomic E-state index is 12.5. The normalized spacial score (nSPS) is 11.0. The number of nitrogens with one attached hydrogen (secondary N) is 2. The fourth-order valence-electron chi connectivity index (χ4n) is 2.55. The Morgan fingerprint density at radius 2 is 1.89 bits per heavy atom. The monoisotopic (exact) mass is 449 g/mol. The molecule has 8 heteroatoms. The molecule has 2 aromatic carbocycles. The molecule has 27 heavy (non-hydrogen) atoms. The largest absolute Gasteiger partial charge is 0.332 e. The van der Waals surface area contributed by atoms with Crippen LogP contribution in [-0.2, 0) is 5.41 Å². The van der Waals surface area contributed by atoms with Crippen molar-refractivity contribution in [1.29, 1.82) is 0 Å². The number of thiocarbonyl (C=S) groups is 1. The van der Waals surface area contributed by atoms with Gasteiger partial charge in [0, 0.05) is 16.1 Å². The molecule has 0 aliphatic carbocycles. The van der Waals surface area contributed by atoms with Crippen LogP contribution in [0, 0.1) is 17.0 Å². The van der Waals surface area contributed by atoms with Crippen LogP contribution >= 0.6 is 28.1 Å². The first-order valence-electron chi connectivity index (χ1n) is 8.17. The Balaban J connectivity index is 2.13. The first-order chi connectivity index (χ1) is 12.5. The molecule has 0 bridgehead atoms. The molecule has 142 valence electrons. The number of nitrogens with zero attached hydrogens (tertiary/aromatic N) is 1. The first-order valence-corrected chi connectivity index (χ1v) is 9.37. The minimum Gasteiger partial charge on any atom is -0.332 e. The lowest BCUT2D eigenvalue weighted by Crippen LogP contribution is -2.34. The lowest BCUT2D eigenvalue weighted by atomic mass is 9.86. The zero-order valence-corrected chi connectivity index (χ0v) is 17.8. The maximum atomic E-state index is 12.5. The Labute approximate surface area is 171 Å². The summed E-state index contributed by atoms with van der Waals surface area (Å²) in [5.41, 5.74) is 2.39. The molecule has 0 saturated heterocycles. The number of halogens is 1. The average molecular weight is 450 g/mol. The van der Waals surface area contributed by atoms with Crippen LogP contribution in [0.25, 0.3) is 0 Å². The van der Waals surface area contributed by atoms with Crippen LogP contribution < -0.4 is 10.6 Å². The second kappa shape index (κ2) is 8.14. The van der Waals surface area contributed by atoms with Crippen molar-refractivity contribution in [1.82, 2.24) is 5.32 Å². The van der Waals surface area contributed by atoms with E-state index in [0.29, 0.717) is 16.8 Å². The number of amides is 1. The van der Waals surface area contributed by atoms with Crippen molar-refractivity contribution < 1.29 is 9.72 Å². The van der Waals surface area contributed by atoms with Gasteiger partial charge in [0.25, 0.3) is 11.6 Å². The van der Waals surface area contributed by atoms with Crippen LogP contribution in [0.1, 0.15) is 42.3 Å². The molecule has 2 N–H and O–H groups in total. The van der Waals surface area contributed by atoms with Crippen molar-refractivity contribution in [3.8, 4) is 0 Å². The molecule has 0 spiro atoms. The molecule has 0 aliphatic rings. The zero-order chi connectivity index (χ0) is 20.4. The van der Waals surface area contributed by atoms with Gasteiger partial charge < -0.3 is 5.32 Å². The summed E-state index contributed by atoms with van der Waals surface area (Å²) >= 11 is 8.68. The summed E-state index contributed by atoms with van der Waals surface area (Å²) in [4.78, 5) is 23.0. The van der Waals surface area contributed by atoms with Gasteiger partial charge >= 0.3 is 0 Å². The van der Waals surface area contributed by atoms with Crippen molar-refractivity contribution in [2.75, 3.05) is 5.32 Å². The summed E-state index contributed by atoms with van der Waals surface area (Å²) in [5, 5.41) is 16.5. The number of carbonyl (C=O) groups is 1. The van der Waals surface area contributed by atoms with E-state index in [9.17, 15) is 14.9 Å². The predicted molar refractivity (Wildman–Crippen MR) is 114 cm³/mol. The fraction of sp³-hybridized carbons (Fsp3) is 0.263. The number of rotatable bonds is 3. The van der Waals surface area contributed by atoms with Gasteiger partial charge in [0.2, 0.25) is 0 Å². The molecule has 0 aliphatic heterocycles. The molecule has 6 nitrogen and oxygen atoms in total. The van der Waals surface area contributed by atoms with E-state index in [-0.39, 0.29) is 22.1 Å². The van der Waals surface area contributed by atoms with E-state index in [2.05, 4.69) is 47.3 Å². The van der Waals surface area contributed by atoms with Crippen molar-refractivity contribution in [3.05, 3.63) is 67.7 Å². The molecule has 0 atom stereocenters. The molecule has 2 rings (SSSR count). The molecule has 0 radical (unpaired) electrons. The zero-order valence-electron chi connectivity index (χ0n) is 15.4. The molecule has 0 unspecified atom stereocenters. The van der Waals surface area contributed by atoms with E-state index < -0.39 is 4.92 Å². The quantitative estimate of drug-likeness (QED) is 0.387. The number of carbonyl (C=O) groups excluding carboxylic acids is 1. The predicted octanol–water partition coefficient (Wildman–Crippen LogP) is 5.09. The lowest BCUT2D eigenvalue weighted by molar-refractivity contribution is -0.385. The summed E-state index contributed by atoms with van der Waals surface area (Å²) in [7, 11) is 0. The molecule has 0 heterocycles. The van der Waals surface area contributed by atoms with Gasteiger partial charge in [-0.15, -0.1) is 0 Å². The second-order valence-electron chi connectivity index (χ2n) is 7.06. The summed E-state index contributed by atoms with van der Waals surface area (Å²) < 4.78 is 0.844. The van der Waals surface area contributed by atoms with Crippen molar-refractivity contribution >= 4 is 50.5 Å². The van der Waals surface area contributed by atoms with E-state index in [0.717, 1.165) is 10.0 Å². The Morgan fingerprint density at radius 1 is 1.22 bits per heavy atom. The molecule has 0 saturated carbocycles. The van der Waals surface area contributed by atoms with Crippen LogP contribution in [-0.4, -0.2) is 15.9 Å². The van der Waals surface area contributed by atoms with Crippen molar-refractivity contribution in [2.45, 2.75) is 33.1 Å². The summed E-state index contributed by atoms with van der Waals surface area (Å²) in [5.74, 6) is -0.364. The fourth-order valence-corrected chi connectivity index (χ4v) is 3.73. The van der Waals surface area contributed by atoms with Gasteiger partial charge in [-0.2, -0.15) is 0 Å². The summed E-state index contributed by atoms with van der Waals surface area (Å²) in [6, 6.07) is 10.0. The van der Waals surface area contributed by atoms with E-state index in [4.69, 9.17) is 12.2 Å². The molecular formula is C19H20BrN3O3S. The van der Waals surface area contributed by atoms with Crippen LogP contribution in [0.15, 0.2) is 40.9 Å². The molecule has 0 fully saturated rings. The summed E-state index contributed by atoms with van der Waals surface area (Å²) in [6.45, 7) is 7.89. The second-order valence-corrected chi connectivity index (χ2v) is 8.32. The molecular weight excluding hydrogens is 430 g/mol. The standard InChI is InChI=1S/C19H20BrN3O3S/c1-11-15(6-5-7-16(11)23(25)26)21-18(27)22-17(24)12-8-9-13(14(20)10-12)19(2,3)4/h5-10H,1-4H3,(H2,21,22,24,27). The molecule has 0 aromatic heterocycles. The van der Waals surface area contributed by atoms with E-state index in [1.807, 2.05) is 6.07 Å². The van der Waals surface area contributed by atoms with Crippen molar-refractivity contribution in [2.24, 2.45) is 0 Å². The summed E-state index contributed by atoms with van der Waals surface area (Å²) in [6.07, 6.45) is 0.